The number of rotatable bonds is 2. The zero-order valence-corrected chi connectivity index (χ0v) is 9.13. The molecule has 1 aromatic rings. The highest BCUT2D eigenvalue weighted by Gasteiger charge is 1.98. The molecule has 1 unspecified atom stereocenters. The summed E-state index contributed by atoms with van der Waals surface area (Å²) in [5.74, 6) is 0. The predicted octanol–water partition coefficient (Wildman–Crippen LogP) is 3.75. The molecular weight excluding hydrogens is 247 g/mol. The van der Waals surface area contributed by atoms with Gasteiger partial charge in [0.05, 0.1) is 0 Å². The second kappa shape index (κ2) is 4.10. The molecule has 0 spiro atoms. The van der Waals surface area contributed by atoms with Gasteiger partial charge in [-0.1, -0.05) is 53.8 Å². The van der Waals surface area contributed by atoms with Crippen LogP contribution in [0, 0.1) is 0 Å². The van der Waals surface area contributed by atoms with E-state index in [4.69, 9.17) is 0 Å². The van der Waals surface area contributed by atoms with E-state index >= 15 is 0 Å². The maximum Gasteiger partial charge on any atom is 0.0331 e. The van der Waals surface area contributed by atoms with Crippen molar-refractivity contribution in [3.05, 3.63) is 35.4 Å². The lowest BCUT2D eigenvalue weighted by Gasteiger charge is -2.03. The van der Waals surface area contributed by atoms with E-state index in [9.17, 15) is 0 Å². The Labute approximate surface area is 82.2 Å². The number of aryl methyl sites for hydroxylation is 1. The standard InChI is InChI=1S/C10H13I/c1-3-9-4-6-10(7-5-9)8(2)11/h4-8H,3H2,1-2H3. The van der Waals surface area contributed by atoms with E-state index in [2.05, 4.69) is 60.7 Å². The Morgan fingerprint density at radius 1 is 1.27 bits per heavy atom. The monoisotopic (exact) mass is 260 g/mol. The molecule has 0 saturated heterocycles. The van der Waals surface area contributed by atoms with Crippen molar-refractivity contribution in [2.24, 2.45) is 0 Å². The van der Waals surface area contributed by atoms with Gasteiger partial charge >= 0.3 is 0 Å². The van der Waals surface area contributed by atoms with Gasteiger partial charge in [-0.25, -0.2) is 0 Å². The van der Waals surface area contributed by atoms with Gasteiger partial charge in [-0.15, -0.1) is 0 Å². The van der Waals surface area contributed by atoms with Crippen LogP contribution < -0.4 is 0 Å². The molecule has 11 heavy (non-hydrogen) atoms. The van der Waals surface area contributed by atoms with Crippen LogP contribution in [0.15, 0.2) is 24.3 Å². The zero-order chi connectivity index (χ0) is 8.27. The van der Waals surface area contributed by atoms with Gasteiger partial charge in [0, 0.05) is 3.92 Å². The highest BCUT2D eigenvalue weighted by atomic mass is 127. The molecule has 0 N–H and O–H groups in total. The Hall–Kier alpha value is -0.0500. The topological polar surface area (TPSA) is 0 Å². The van der Waals surface area contributed by atoms with Crippen LogP contribution in [0.1, 0.15) is 28.9 Å². The molecule has 1 aromatic carbocycles. The van der Waals surface area contributed by atoms with Crippen LogP contribution in [0.2, 0.25) is 0 Å². The molecule has 60 valence electrons. The Bertz CT molecular complexity index is 211. The second-order valence-corrected chi connectivity index (χ2v) is 4.58. The number of hydrogen-bond donors (Lipinski definition) is 0. The maximum absolute atomic E-state index is 2.43. The first-order chi connectivity index (χ1) is 5.24. The van der Waals surface area contributed by atoms with Crippen molar-refractivity contribution in [2.45, 2.75) is 24.2 Å². The minimum Gasteiger partial charge on any atom is -0.0777 e. The average molecular weight is 260 g/mol. The van der Waals surface area contributed by atoms with E-state index in [1.165, 1.54) is 11.1 Å². The number of benzene rings is 1. The van der Waals surface area contributed by atoms with Crippen molar-refractivity contribution in [3.8, 4) is 0 Å². The fraction of sp³-hybridized carbons (Fsp3) is 0.400. The van der Waals surface area contributed by atoms with E-state index in [0.717, 1.165) is 6.42 Å². The van der Waals surface area contributed by atoms with Crippen LogP contribution in [-0.2, 0) is 6.42 Å². The highest BCUT2D eigenvalue weighted by Crippen LogP contribution is 2.22. The first-order valence-electron chi connectivity index (χ1n) is 3.97. The molecule has 0 aromatic heterocycles. The molecule has 1 atom stereocenters. The number of alkyl halides is 1. The Balaban J connectivity index is 2.83. The van der Waals surface area contributed by atoms with Gasteiger partial charge < -0.3 is 0 Å². The molecule has 1 heteroatoms. The Morgan fingerprint density at radius 3 is 2.18 bits per heavy atom. The molecule has 0 saturated carbocycles. The summed E-state index contributed by atoms with van der Waals surface area (Å²) in [7, 11) is 0. The van der Waals surface area contributed by atoms with Crippen LogP contribution in [0.4, 0.5) is 0 Å². The molecule has 0 fully saturated rings. The second-order valence-electron chi connectivity index (χ2n) is 2.71. The molecule has 0 aliphatic rings. The van der Waals surface area contributed by atoms with Gasteiger partial charge in [0.2, 0.25) is 0 Å². The van der Waals surface area contributed by atoms with Gasteiger partial charge in [0.15, 0.2) is 0 Å². The summed E-state index contributed by atoms with van der Waals surface area (Å²) in [6, 6.07) is 8.86. The van der Waals surface area contributed by atoms with Crippen LogP contribution >= 0.6 is 22.6 Å². The molecule has 0 heterocycles. The van der Waals surface area contributed by atoms with E-state index in [-0.39, 0.29) is 0 Å². The molecule has 0 aliphatic heterocycles. The van der Waals surface area contributed by atoms with Crippen molar-refractivity contribution in [1.29, 1.82) is 0 Å². The maximum atomic E-state index is 2.43. The molecule has 1 rings (SSSR count). The minimum absolute atomic E-state index is 0.624. The minimum atomic E-state index is 0.624. The third-order valence-electron chi connectivity index (χ3n) is 1.85. The van der Waals surface area contributed by atoms with Gasteiger partial charge in [-0.05, 0) is 24.5 Å². The largest absolute Gasteiger partial charge is 0.0777 e. The van der Waals surface area contributed by atoms with Crippen LogP contribution in [0.25, 0.3) is 0 Å². The summed E-state index contributed by atoms with van der Waals surface area (Å²) in [4.78, 5) is 0. The highest BCUT2D eigenvalue weighted by molar-refractivity contribution is 14.1. The summed E-state index contributed by atoms with van der Waals surface area (Å²) in [5.41, 5.74) is 2.84. The van der Waals surface area contributed by atoms with Crippen molar-refractivity contribution >= 4 is 22.6 Å². The van der Waals surface area contributed by atoms with Crippen molar-refractivity contribution in [2.75, 3.05) is 0 Å². The lowest BCUT2D eigenvalue weighted by atomic mass is 10.1. The SMILES string of the molecule is CCc1ccc(C(C)I)cc1. The van der Waals surface area contributed by atoms with Gasteiger partial charge in [-0.2, -0.15) is 0 Å². The van der Waals surface area contributed by atoms with Gasteiger partial charge in [-0.3, -0.25) is 0 Å². The van der Waals surface area contributed by atoms with Gasteiger partial charge in [0.25, 0.3) is 0 Å². The Morgan fingerprint density at radius 2 is 1.82 bits per heavy atom. The van der Waals surface area contributed by atoms with E-state index in [0.29, 0.717) is 3.92 Å². The van der Waals surface area contributed by atoms with Crippen molar-refractivity contribution < 1.29 is 0 Å². The Kier molecular flexibility index (Phi) is 3.37. The predicted molar refractivity (Wildman–Crippen MR) is 58.3 cm³/mol. The fourth-order valence-corrected chi connectivity index (χ4v) is 1.43. The quantitative estimate of drug-likeness (QED) is 0.561. The van der Waals surface area contributed by atoms with E-state index in [1.54, 1.807) is 0 Å². The molecule has 0 amide bonds. The lowest BCUT2D eigenvalue weighted by molar-refractivity contribution is 1.10. The molecule has 0 aliphatic carbocycles. The van der Waals surface area contributed by atoms with Crippen LogP contribution in [0.3, 0.4) is 0 Å². The van der Waals surface area contributed by atoms with E-state index in [1.807, 2.05) is 0 Å². The lowest BCUT2D eigenvalue weighted by Crippen LogP contribution is -1.84. The third-order valence-corrected chi connectivity index (χ3v) is 2.57. The number of hydrogen-bond acceptors (Lipinski definition) is 0. The van der Waals surface area contributed by atoms with E-state index < -0.39 is 0 Å². The molecular formula is C10H13I. The normalized spacial score (nSPS) is 13.0. The smallest absolute Gasteiger partial charge is 0.0331 e. The molecule has 0 nitrogen and oxygen atoms in total. The zero-order valence-electron chi connectivity index (χ0n) is 6.97. The fourth-order valence-electron chi connectivity index (χ4n) is 1.02. The van der Waals surface area contributed by atoms with Crippen LogP contribution in [-0.4, -0.2) is 0 Å². The summed E-state index contributed by atoms with van der Waals surface area (Å²) >= 11 is 2.43. The summed E-state index contributed by atoms with van der Waals surface area (Å²) in [6.45, 7) is 4.39. The van der Waals surface area contributed by atoms with Gasteiger partial charge in [0.1, 0.15) is 0 Å². The first kappa shape index (κ1) is 9.04. The average Bonchev–Trinajstić information content (AvgIpc) is 2.05. The van der Waals surface area contributed by atoms with Crippen molar-refractivity contribution in [1.82, 2.24) is 0 Å². The molecule has 0 bridgehead atoms. The summed E-state index contributed by atoms with van der Waals surface area (Å²) < 4.78 is 0.624. The first-order valence-corrected chi connectivity index (χ1v) is 5.21. The third kappa shape index (κ3) is 2.47. The number of halogens is 1. The van der Waals surface area contributed by atoms with Crippen molar-refractivity contribution in [3.63, 3.8) is 0 Å². The van der Waals surface area contributed by atoms with Crippen LogP contribution in [0.5, 0.6) is 0 Å². The molecule has 0 radical (unpaired) electrons. The summed E-state index contributed by atoms with van der Waals surface area (Å²) in [5, 5.41) is 0. The summed E-state index contributed by atoms with van der Waals surface area (Å²) in [6.07, 6.45) is 1.13.